The first kappa shape index (κ1) is 20.8. The Kier molecular flexibility index (Phi) is 6.48. The fourth-order valence-electron chi connectivity index (χ4n) is 3.22. The van der Waals surface area contributed by atoms with E-state index in [9.17, 15) is 18.8 Å². The van der Waals surface area contributed by atoms with Gasteiger partial charge in [0.1, 0.15) is 5.82 Å². The Morgan fingerprint density at radius 1 is 1.24 bits per heavy atom. The number of halogens is 2. The van der Waals surface area contributed by atoms with Crippen LogP contribution in [0.4, 0.5) is 10.1 Å². The number of carbonyl (C=O) groups excluding carboxylic acids is 3. The molecule has 1 aliphatic rings. The number of esters is 1. The van der Waals surface area contributed by atoms with Gasteiger partial charge < -0.3 is 19.8 Å². The number of ether oxygens (including phenoxy) is 1. The standard InChI is InChI=1S/C19H19ClFN3O5/c1-28-19(27)16-15(22-9-29-16)18(26)23-12-5-2-10(3-6-12)17(25)24-14-7-4-11(21)8-13(14)20/h4,7-10,12H,2-3,5-6H2,1H3,(H,23,26)(H,24,25). The Labute approximate surface area is 170 Å². The average molecular weight is 424 g/mol. The van der Waals surface area contributed by atoms with Gasteiger partial charge in [-0.1, -0.05) is 11.6 Å². The molecular weight excluding hydrogens is 405 g/mol. The first-order chi connectivity index (χ1) is 13.9. The molecule has 0 bridgehead atoms. The molecule has 0 saturated heterocycles. The summed E-state index contributed by atoms with van der Waals surface area (Å²) in [6, 6.07) is 3.61. The van der Waals surface area contributed by atoms with Crippen LogP contribution < -0.4 is 10.6 Å². The number of carbonyl (C=O) groups is 3. The van der Waals surface area contributed by atoms with Crippen molar-refractivity contribution < 1.29 is 27.9 Å². The maximum atomic E-state index is 13.1. The zero-order valence-electron chi connectivity index (χ0n) is 15.5. The van der Waals surface area contributed by atoms with Crippen LogP contribution in [0.3, 0.4) is 0 Å². The summed E-state index contributed by atoms with van der Waals surface area (Å²) in [5.41, 5.74) is 0.220. The smallest absolute Gasteiger partial charge is 0.376 e. The van der Waals surface area contributed by atoms with E-state index in [1.165, 1.54) is 19.2 Å². The summed E-state index contributed by atoms with van der Waals surface area (Å²) in [4.78, 5) is 40.2. The van der Waals surface area contributed by atoms with Crippen LogP contribution >= 0.6 is 11.6 Å². The number of nitrogens with zero attached hydrogens (tertiary/aromatic N) is 1. The van der Waals surface area contributed by atoms with Crippen molar-refractivity contribution >= 4 is 35.1 Å². The van der Waals surface area contributed by atoms with Gasteiger partial charge in [0.2, 0.25) is 11.7 Å². The second-order valence-corrected chi connectivity index (χ2v) is 7.06. The SMILES string of the molecule is COC(=O)c1ocnc1C(=O)NC1CCC(C(=O)Nc2ccc(F)cc2Cl)CC1. The number of rotatable bonds is 5. The molecule has 1 saturated carbocycles. The van der Waals surface area contributed by atoms with Gasteiger partial charge in [-0.25, -0.2) is 14.2 Å². The molecule has 2 aromatic rings. The minimum Gasteiger partial charge on any atom is -0.463 e. The van der Waals surface area contributed by atoms with Gasteiger partial charge in [-0.05, 0) is 43.9 Å². The minimum absolute atomic E-state index is 0.133. The molecule has 0 radical (unpaired) electrons. The van der Waals surface area contributed by atoms with Crippen molar-refractivity contribution in [2.75, 3.05) is 12.4 Å². The first-order valence-corrected chi connectivity index (χ1v) is 9.35. The molecule has 2 amide bonds. The highest BCUT2D eigenvalue weighted by Crippen LogP contribution is 2.28. The maximum absolute atomic E-state index is 13.1. The number of oxazole rings is 1. The Hall–Kier alpha value is -2.94. The van der Waals surface area contributed by atoms with Crippen molar-refractivity contribution in [1.29, 1.82) is 0 Å². The lowest BCUT2D eigenvalue weighted by atomic mass is 9.85. The van der Waals surface area contributed by atoms with Crippen molar-refractivity contribution in [2.45, 2.75) is 31.7 Å². The van der Waals surface area contributed by atoms with Gasteiger partial charge in [0, 0.05) is 12.0 Å². The van der Waals surface area contributed by atoms with E-state index in [0.717, 1.165) is 12.5 Å². The van der Waals surface area contributed by atoms with E-state index in [1.807, 2.05) is 0 Å². The fourth-order valence-corrected chi connectivity index (χ4v) is 3.44. The van der Waals surface area contributed by atoms with Gasteiger partial charge in [0.05, 0.1) is 17.8 Å². The predicted molar refractivity (Wildman–Crippen MR) is 101 cm³/mol. The van der Waals surface area contributed by atoms with E-state index in [0.29, 0.717) is 31.4 Å². The Balaban J connectivity index is 1.52. The lowest BCUT2D eigenvalue weighted by Gasteiger charge is -2.28. The zero-order valence-corrected chi connectivity index (χ0v) is 16.3. The molecular formula is C19H19ClFN3O5. The maximum Gasteiger partial charge on any atom is 0.376 e. The van der Waals surface area contributed by atoms with Gasteiger partial charge in [-0.15, -0.1) is 0 Å². The zero-order chi connectivity index (χ0) is 21.0. The largest absolute Gasteiger partial charge is 0.463 e. The fraction of sp³-hybridized carbons (Fsp3) is 0.368. The first-order valence-electron chi connectivity index (χ1n) is 8.97. The van der Waals surface area contributed by atoms with Crippen LogP contribution in [0.2, 0.25) is 5.02 Å². The number of hydrogen-bond donors (Lipinski definition) is 2. The van der Waals surface area contributed by atoms with E-state index in [-0.39, 0.29) is 34.3 Å². The summed E-state index contributed by atoms with van der Waals surface area (Å²) in [6.07, 6.45) is 3.26. The molecule has 1 fully saturated rings. The van der Waals surface area contributed by atoms with Gasteiger partial charge in [-0.2, -0.15) is 0 Å². The summed E-state index contributed by atoms with van der Waals surface area (Å²) >= 11 is 5.94. The van der Waals surface area contributed by atoms with Crippen molar-refractivity contribution in [3.8, 4) is 0 Å². The van der Waals surface area contributed by atoms with Crippen molar-refractivity contribution in [1.82, 2.24) is 10.3 Å². The molecule has 1 aromatic carbocycles. The molecule has 0 aliphatic heterocycles. The molecule has 0 atom stereocenters. The molecule has 3 rings (SSSR count). The van der Waals surface area contributed by atoms with Crippen LogP contribution in [0, 0.1) is 11.7 Å². The van der Waals surface area contributed by atoms with E-state index in [2.05, 4.69) is 20.4 Å². The molecule has 0 unspecified atom stereocenters. The highest BCUT2D eigenvalue weighted by Gasteiger charge is 2.30. The van der Waals surface area contributed by atoms with E-state index in [4.69, 9.17) is 16.0 Å². The van der Waals surface area contributed by atoms with Gasteiger partial charge in [0.15, 0.2) is 12.1 Å². The molecule has 29 heavy (non-hydrogen) atoms. The summed E-state index contributed by atoms with van der Waals surface area (Å²) in [6.45, 7) is 0. The molecule has 10 heteroatoms. The summed E-state index contributed by atoms with van der Waals surface area (Å²) in [7, 11) is 1.18. The third kappa shape index (κ3) is 4.92. The Morgan fingerprint density at radius 3 is 2.62 bits per heavy atom. The molecule has 0 spiro atoms. The molecule has 8 nitrogen and oxygen atoms in total. The van der Waals surface area contributed by atoms with Crippen LogP contribution in [0.1, 0.15) is 46.7 Å². The summed E-state index contributed by atoms with van der Waals surface area (Å²) < 4.78 is 22.6. The van der Waals surface area contributed by atoms with Crippen molar-refractivity contribution in [3.63, 3.8) is 0 Å². The normalized spacial score (nSPS) is 18.7. The van der Waals surface area contributed by atoms with E-state index in [1.54, 1.807) is 0 Å². The summed E-state index contributed by atoms with van der Waals surface area (Å²) in [5, 5.41) is 5.65. The van der Waals surface area contributed by atoms with E-state index < -0.39 is 17.7 Å². The van der Waals surface area contributed by atoms with Crippen LogP contribution in [0.5, 0.6) is 0 Å². The van der Waals surface area contributed by atoms with Crippen LogP contribution in [0.15, 0.2) is 29.0 Å². The van der Waals surface area contributed by atoms with Crippen LogP contribution in [-0.2, 0) is 9.53 Å². The predicted octanol–water partition coefficient (Wildman–Crippen LogP) is 3.18. The van der Waals surface area contributed by atoms with Crippen LogP contribution in [0.25, 0.3) is 0 Å². The monoisotopic (exact) mass is 423 g/mol. The minimum atomic E-state index is -0.785. The number of amides is 2. The number of aromatic nitrogens is 1. The highest BCUT2D eigenvalue weighted by atomic mass is 35.5. The van der Waals surface area contributed by atoms with Crippen molar-refractivity contribution in [3.05, 3.63) is 46.9 Å². The van der Waals surface area contributed by atoms with Gasteiger partial charge in [-0.3, -0.25) is 9.59 Å². The average Bonchev–Trinajstić information content (AvgIpc) is 3.20. The second-order valence-electron chi connectivity index (χ2n) is 6.66. The topological polar surface area (TPSA) is 111 Å². The van der Waals surface area contributed by atoms with E-state index >= 15 is 0 Å². The number of benzene rings is 1. The molecule has 1 aromatic heterocycles. The Bertz CT molecular complexity index is 924. The number of anilines is 1. The molecule has 1 aliphatic carbocycles. The number of methoxy groups -OCH3 is 1. The van der Waals surface area contributed by atoms with Crippen LogP contribution in [-0.4, -0.2) is 35.9 Å². The second kappa shape index (κ2) is 9.04. The molecule has 2 N–H and O–H groups in total. The third-order valence-electron chi connectivity index (χ3n) is 4.78. The number of hydrogen-bond acceptors (Lipinski definition) is 6. The third-order valence-corrected chi connectivity index (χ3v) is 5.09. The Morgan fingerprint density at radius 2 is 1.97 bits per heavy atom. The molecule has 154 valence electrons. The summed E-state index contributed by atoms with van der Waals surface area (Å²) in [5.74, 6) is -2.51. The highest BCUT2D eigenvalue weighted by molar-refractivity contribution is 6.33. The number of nitrogens with one attached hydrogen (secondary N) is 2. The molecule has 1 heterocycles. The van der Waals surface area contributed by atoms with Gasteiger partial charge in [0.25, 0.3) is 5.91 Å². The quantitative estimate of drug-likeness (QED) is 0.714. The lowest BCUT2D eigenvalue weighted by molar-refractivity contribution is -0.120. The van der Waals surface area contributed by atoms with Crippen molar-refractivity contribution in [2.24, 2.45) is 5.92 Å². The van der Waals surface area contributed by atoms with Gasteiger partial charge >= 0.3 is 5.97 Å². The lowest BCUT2D eigenvalue weighted by Crippen LogP contribution is -2.40.